The molecule has 0 unspecified atom stereocenters. The lowest BCUT2D eigenvalue weighted by molar-refractivity contribution is -0.139. The molecule has 138 valence electrons. The predicted molar refractivity (Wildman–Crippen MR) is 99.7 cm³/mol. The van der Waals surface area contributed by atoms with Crippen LogP contribution in [0.2, 0.25) is 0 Å². The molecular formula is C19H24N4O3. The van der Waals surface area contributed by atoms with Gasteiger partial charge in [0.05, 0.1) is 24.2 Å². The van der Waals surface area contributed by atoms with Gasteiger partial charge in [-0.1, -0.05) is 18.2 Å². The molecule has 1 aliphatic rings. The third-order valence-electron chi connectivity index (χ3n) is 4.58. The molecule has 26 heavy (non-hydrogen) atoms. The number of fused-ring (bicyclic) bond motifs is 3. The Morgan fingerprint density at radius 1 is 1.31 bits per heavy atom. The van der Waals surface area contributed by atoms with Crippen LogP contribution in [0.25, 0.3) is 21.9 Å². The van der Waals surface area contributed by atoms with Crippen LogP contribution in [0, 0.1) is 0 Å². The van der Waals surface area contributed by atoms with Crippen molar-refractivity contribution in [1.82, 2.24) is 14.5 Å². The van der Waals surface area contributed by atoms with E-state index >= 15 is 0 Å². The van der Waals surface area contributed by atoms with E-state index in [1.54, 1.807) is 0 Å². The normalized spacial score (nSPS) is 19.6. The van der Waals surface area contributed by atoms with E-state index in [0.717, 1.165) is 22.2 Å². The summed E-state index contributed by atoms with van der Waals surface area (Å²) in [6.45, 7) is 8.02. The van der Waals surface area contributed by atoms with Gasteiger partial charge in [0.25, 0.3) is 0 Å². The molecule has 1 aromatic carbocycles. The number of nitrogens with two attached hydrogens (primary N) is 1. The van der Waals surface area contributed by atoms with Gasteiger partial charge in [0.1, 0.15) is 24.1 Å². The zero-order valence-corrected chi connectivity index (χ0v) is 15.4. The molecule has 7 nitrogen and oxygen atoms in total. The second kappa shape index (κ2) is 6.50. The zero-order valence-electron chi connectivity index (χ0n) is 15.4. The van der Waals surface area contributed by atoms with Gasteiger partial charge in [-0.25, -0.2) is 9.97 Å². The lowest BCUT2D eigenvalue weighted by Crippen LogP contribution is -2.25. The summed E-state index contributed by atoms with van der Waals surface area (Å²) < 4.78 is 19.5. The van der Waals surface area contributed by atoms with Gasteiger partial charge in [0.15, 0.2) is 11.6 Å². The fraction of sp³-hybridized carbons (Fsp3) is 0.474. The summed E-state index contributed by atoms with van der Waals surface area (Å²) in [6, 6.07) is 7.96. The number of anilines is 1. The van der Waals surface area contributed by atoms with Gasteiger partial charge in [-0.2, -0.15) is 0 Å². The molecule has 7 heteroatoms. The van der Waals surface area contributed by atoms with E-state index in [1.807, 2.05) is 45.0 Å². The minimum atomic E-state index is -0.566. The summed E-state index contributed by atoms with van der Waals surface area (Å²) in [5, 5.41) is 1.02. The third kappa shape index (κ3) is 3.02. The summed E-state index contributed by atoms with van der Waals surface area (Å²) in [5.74, 6) is 0.684. The summed E-state index contributed by atoms with van der Waals surface area (Å²) in [5.41, 5.74) is 8.73. The highest BCUT2D eigenvalue weighted by molar-refractivity contribution is 6.06. The monoisotopic (exact) mass is 356 g/mol. The van der Waals surface area contributed by atoms with Crippen molar-refractivity contribution in [3.63, 3.8) is 0 Å². The number of hydrogen-bond acceptors (Lipinski definition) is 6. The molecule has 0 amide bonds. The first-order chi connectivity index (χ1) is 12.5. The molecule has 0 aliphatic carbocycles. The van der Waals surface area contributed by atoms with E-state index in [2.05, 4.69) is 9.55 Å². The summed E-state index contributed by atoms with van der Waals surface area (Å²) in [6.07, 6.45) is -0.0593. The molecular weight excluding hydrogens is 332 g/mol. The SMILES string of the molecule is CCOCc1nc2c(N)nc3ccccc3c2n1C[C@H]1COC(C)(C)O1. The molecule has 1 fully saturated rings. The van der Waals surface area contributed by atoms with Gasteiger partial charge < -0.3 is 24.5 Å². The van der Waals surface area contributed by atoms with Crippen molar-refractivity contribution in [2.24, 2.45) is 0 Å². The van der Waals surface area contributed by atoms with Crippen LogP contribution in [0.3, 0.4) is 0 Å². The maximum atomic E-state index is 6.20. The maximum Gasteiger partial charge on any atom is 0.163 e. The summed E-state index contributed by atoms with van der Waals surface area (Å²) in [7, 11) is 0. The van der Waals surface area contributed by atoms with Crippen molar-refractivity contribution in [3.8, 4) is 0 Å². The Bertz CT molecular complexity index is 951. The molecule has 0 bridgehead atoms. The van der Waals surface area contributed by atoms with E-state index < -0.39 is 5.79 Å². The standard InChI is InChI=1S/C19H24N4O3/c1-4-24-11-15-22-16-17(13-7-5-6-8-14(13)21-18(16)20)23(15)9-12-10-25-19(2,3)26-12/h5-8,12H,4,9-11H2,1-3H3,(H2,20,21)/t12-/m0/s1. The summed E-state index contributed by atoms with van der Waals surface area (Å²) in [4.78, 5) is 9.23. The average molecular weight is 356 g/mol. The smallest absolute Gasteiger partial charge is 0.163 e. The van der Waals surface area contributed by atoms with Crippen molar-refractivity contribution >= 4 is 27.8 Å². The van der Waals surface area contributed by atoms with Gasteiger partial charge in [-0.3, -0.25) is 0 Å². The number of imidazole rings is 1. The fourth-order valence-corrected chi connectivity index (χ4v) is 3.46. The lowest BCUT2D eigenvalue weighted by atomic mass is 10.2. The number of ether oxygens (including phenoxy) is 3. The minimum absolute atomic E-state index is 0.0593. The summed E-state index contributed by atoms with van der Waals surface area (Å²) >= 11 is 0. The van der Waals surface area contributed by atoms with Gasteiger partial charge >= 0.3 is 0 Å². The third-order valence-corrected chi connectivity index (χ3v) is 4.58. The lowest BCUT2D eigenvalue weighted by Gasteiger charge is -2.18. The van der Waals surface area contributed by atoms with Crippen LogP contribution in [0.4, 0.5) is 5.82 Å². The molecule has 1 aliphatic heterocycles. The Morgan fingerprint density at radius 2 is 2.12 bits per heavy atom. The Balaban J connectivity index is 1.86. The number of benzene rings is 1. The number of nitrogen functional groups attached to an aromatic ring is 1. The van der Waals surface area contributed by atoms with Crippen LogP contribution in [0.15, 0.2) is 24.3 Å². The Kier molecular flexibility index (Phi) is 4.30. The van der Waals surface area contributed by atoms with Crippen LogP contribution in [-0.2, 0) is 27.4 Å². The van der Waals surface area contributed by atoms with E-state index in [1.165, 1.54) is 0 Å². The quantitative estimate of drug-likeness (QED) is 0.757. The molecule has 4 rings (SSSR count). The van der Waals surface area contributed by atoms with Crippen molar-refractivity contribution in [1.29, 1.82) is 0 Å². The Morgan fingerprint density at radius 3 is 2.85 bits per heavy atom. The van der Waals surface area contributed by atoms with Gasteiger partial charge in [0.2, 0.25) is 0 Å². The first-order valence-electron chi connectivity index (χ1n) is 8.91. The Hall–Kier alpha value is -2.22. The van der Waals surface area contributed by atoms with E-state index in [0.29, 0.717) is 37.7 Å². The highest BCUT2D eigenvalue weighted by Crippen LogP contribution is 2.31. The molecule has 1 atom stereocenters. The second-order valence-corrected chi connectivity index (χ2v) is 6.94. The van der Waals surface area contributed by atoms with Crippen LogP contribution >= 0.6 is 0 Å². The Labute approximate surface area is 152 Å². The number of pyridine rings is 1. The molecule has 0 radical (unpaired) electrons. The van der Waals surface area contributed by atoms with Crippen molar-refractivity contribution in [3.05, 3.63) is 30.1 Å². The van der Waals surface area contributed by atoms with Crippen molar-refractivity contribution < 1.29 is 14.2 Å². The molecule has 2 N–H and O–H groups in total. The van der Waals surface area contributed by atoms with Gasteiger partial charge in [0, 0.05) is 12.0 Å². The van der Waals surface area contributed by atoms with Crippen molar-refractivity contribution in [2.45, 2.75) is 45.8 Å². The van der Waals surface area contributed by atoms with Gasteiger partial charge in [-0.15, -0.1) is 0 Å². The molecule has 3 heterocycles. The highest BCUT2D eigenvalue weighted by atomic mass is 16.7. The van der Waals surface area contributed by atoms with E-state index in [-0.39, 0.29) is 6.10 Å². The largest absolute Gasteiger partial charge is 0.382 e. The minimum Gasteiger partial charge on any atom is -0.382 e. The van der Waals surface area contributed by atoms with Crippen molar-refractivity contribution in [2.75, 3.05) is 18.9 Å². The maximum absolute atomic E-state index is 6.20. The molecule has 3 aromatic rings. The number of nitrogens with zero attached hydrogens (tertiary/aromatic N) is 3. The molecule has 0 spiro atoms. The number of para-hydroxylation sites is 1. The van der Waals surface area contributed by atoms with E-state index in [9.17, 15) is 0 Å². The first-order valence-corrected chi connectivity index (χ1v) is 8.91. The zero-order chi connectivity index (χ0) is 18.3. The fourth-order valence-electron chi connectivity index (χ4n) is 3.46. The van der Waals surface area contributed by atoms with E-state index in [4.69, 9.17) is 24.9 Å². The number of aromatic nitrogens is 3. The van der Waals surface area contributed by atoms with Gasteiger partial charge in [-0.05, 0) is 26.8 Å². The first kappa shape index (κ1) is 17.2. The average Bonchev–Trinajstić information content (AvgIpc) is 3.14. The second-order valence-electron chi connectivity index (χ2n) is 6.94. The van der Waals surface area contributed by atoms with Crippen LogP contribution < -0.4 is 5.73 Å². The number of rotatable bonds is 5. The molecule has 2 aromatic heterocycles. The van der Waals surface area contributed by atoms with Crippen LogP contribution in [0.5, 0.6) is 0 Å². The van der Waals surface area contributed by atoms with Crippen LogP contribution in [-0.4, -0.2) is 39.6 Å². The predicted octanol–water partition coefficient (Wildman–Crippen LogP) is 2.85. The number of hydrogen-bond donors (Lipinski definition) is 1. The topological polar surface area (TPSA) is 84.4 Å². The molecule has 1 saturated heterocycles. The van der Waals surface area contributed by atoms with Crippen LogP contribution in [0.1, 0.15) is 26.6 Å². The highest BCUT2D eigenvalue weighted by Gasteiger charge is 2.33. The molecule has 0 saturated carbocycles.